The minimum Gasteiger partial charge on any atom is -0.377 e. The number of ether oxygens (including phenoxy) is 3. The predicted octanol–water partition coefficient (Wildman–Crippen LogP) is 1.37. The number of hydrogen-bond acceptors (Lipinski definition) is 5. The van der Waals surface area contributed by atoms with Crippen molar-refractivity contribution in [3.8, 4) is 0 Å². The smallest absolute Gasteiger partial charge is 0.170 e. The number of likely N-dealkylation sites (N-methyl/N-ethyl adjacent to an activating group) is 1. The molecule has 0 radical (unpaired) electrons. The van der Waals surface area contributed by atoms with Crippen LogP contribution < -0.4 is 5.32 Å². The summed E-state index contributed by atoms with van der Waals surface area (Å²) in [4.78, 5) is 2.60. The number of hydrogen-bond donors (Lipinski definition) is 1. The highest BCUT2D eigenvalue weighted by Gasteiger charge is 2.48. The highest BCUT2D eigenvalue weighted by molar-refractivity contribution is 4.99. The Balaban J connectivity index is 1.73. The zero-order valence-corrected chi connectivity index (χ0v) is 13.7. The molecule has 3 rings (SSSR count). The van der Waals surface area contributed by atoms with Crippen molar-refractivity contribution in [3.63, 3.8) is 0 Å². The van der Waals surface area contributed by atoms with Gasteiger partial charge in [-0.3, -0.25) is 4.90 Å². The second-order valence-electron chi connectivity index (χ2n) is 7.04. The van der Waals surface area contributed by atoms with Crippen molar-refractivity contribution in [2.45, 2.75) is 62.5 Å². The summed E-state index contributed by atoms with van der Waals surface area (Å²) in [6.45, 7) is 5.87. The first-order valence-electron chi connectivity index (χ1n) is 8.34. The van der Waals surface area contributed by atoms with Gasteiger partial charge in [0.15, 0.2) is 5.79 Å². The van der Waals surface area contributed by atoms with Gasteiger partial charge in [0.1, 0.15) is 0 Å². The predicted molar refractivity (Wildman–Crippen MR) is 81.3 cm³/mol. The van der Waals surface area contributed by atoms with Crippen molar-refractivity contribution in [1.82, 2.24) is 10.2 Å². The number of methoxy groups -OCH3 is 1. The van der Waals surface area contributed by atoms with Crippen molar-refractivity contribution in [1.29, 1.82) is 0 Å². The summed E-state index contributed by atoms with van der Waals surface area (Å²) in [5, 5.41) is 3.51. The van der Waals surface area contributed by atoms with E-state index >= 15 is 0 Å². The highest BCUT2D eigenvalue weighted by Crippen LogP contribution is 2.39. The Morgan fingerprint density at radius 1 is 1.24 bits per heavy atom. The average molecular weight is 298 g/mol. The molecular formula is C16H30N2O3. The lowest BCUT2D eigenvalue weighted by Gasteiger charge is -2.50. The summed E-state index contributed by atoms with van der Waals surface area (Å²) in [6, 6.07) is 0.985. The fourth-order valence-corrected chi connectivity index (χ4v) is 4.30. The van der Waals surface area contributed by atoms with E-state index in [2.05, 4.69) is 24.2 Å². The lowest BCUT2D eigenvalue weighted by molar-refractivity contribution is -0.197. The molecule has 122 valence electrons. The van der Waals surface area contributed by atoms with Crippen molar-refractivity contribution < 1.29 is 14.2 Å². The second kappa shape index (κ2) is 6.13. The molecule has 3 fully saturated rings. The number of rotatable bonds is 3. The lowest BCUT2D eigenvalue weighted by Crippen LogP contribution is -2.61. The number of likely N-dealkylation sites (tertiary alicyclic amines) is 1. The molecule has 0 amide bonds. The Labute approximate surface area is 128 Å². The van der Waals surface area contributed by atoms with Crippen LogP contribution in [0.15, 0.2) is 0 Å². The van der Waals surface area contributed by atoms with Crippen molar-refractivity contribution >= 4 is 0 Å². The van der Waals surface area contributed by atoms with E-state index in [1.807, 2.05) is 7.11 Å². The molecule has 0 aromatic carbocycles. The monoisotopic (exact) mass is 298 g/mol. The summed E-state index contributed by atoms with van der Waals surface area (Å²) >= 11 is 0. The van der Waals surface area contributed by atoms with E-state index in [0.717, 1.165) is 52.0 Å². The van der Waals surface area contributed by atoms with Crippen LogP contribution >= 0.6 is 0 Å². The van der Waals surface area contributed by atoms with Gasteiger partial charge in [-0.25, -0.2) is 0 Å². The molecule has 0 bridgehead atoms. The third-order valence-electron chi connectivity index (χ3n) is 5.66. The normalized spacial score (nSPS) is 40.7. The molecule has 21 heavy (non-hydrogen) atoms. The van der Waals surface area contributed by atoms with E-state index < -0.39 is 0 Å². The zero-order valence-electron chi connectivity index (χ0n) is 13.7. The molecule has 1 saturated carbocycles. The van der Waals surface area contributed by atoms with Crippen LogP contribution in [0.2, 0.25) is 0 Å². The largest absolute Gasteiger partial charge is 0.377 e. The van der Waals surface area contributed by atoms with Gasteiger partial charge in [-0.05, 0) is 39.8 Å². The Bertz CT molecular complexity index is 359. The fraction of sp³-hybridized carbons (Fsp3) is 1.00. The highest BCUT2D eigenvalue weighted by atomic mass is 16.7. The van der Waals surface area contributed by atoms with Gasteiger partial charge < -0.3 is 19.5 Å². The summed E-state index contributed by atoms with van der Waals surface area (Å²) < 4.78 is 17.7. The maximum absolute atomic E-state index is 5.97. The molecule has 1 spiro atoms. The second-order valence-corrected chi connectivity index (χ2v) is 7.04. The molecule has 2 saturated heterocycles. The molecule has 1 aliphatic carbocycles. The van der Waals surface area contributed by atoms with E-state index in [1.54, 1.807) is 0 Å². The summed E-state index contributed by atoms with van der Waals surface area (Å²) in [5.41, 5.74) is -0.0153. The topological polar surface area (TPSA) is 43.0 Å². The van der Waals surface area contributed by atoms with Gasteiger partial charge in [-0.15, -0.1) is 0 Å². The molecule has 5 nitrogen and oxygen atoms in total. The summed E-state index contributed by atoms with van der Waals surface area (Å²) in [6.07, 6.45) is 5.44. The standard InChI is InChI=1S/C16H30N2O3/c1-15(19-3)6-4-8-18(12-15)14-11-16(20-9-10-21-16)7-5-13(14)17-2/h13-14,17H,4-12H2,1-3H3. The molecule has 0 aromatic rings. The average Bonchev–Trinajstić information content (AvgIpc) is 2.95. The van der Waals surface area contributed by atoms with E-state index in [0.29, 0.717) is 12.1 Å². The molecule has 1 N–H and O–H groups in total. The molecule has 0 aromatic heterocycles. The third-order valence-corrected chi connectivity index (χ3v) is 5.66. The Hall–Kier alpha value is -0.200. The van der Waals surface area contributed by atoms with Crippen LogP contribution in [0.25, 0.3) is 0 Å². The van der Waals surface area contributed by atoms with Crippen LogP contribution in [0.4, 0.5) is 0 Å². The summed E-state index contributed by atoms with van der Waals surface area (Å²) in [7, 11) is 3.91. The van der Waals surface area contributed by atoms with Gasteiger partial charge in [-0.1, -0.05) is 0 Å². The van der Waals surface area contributed by atoms with Crippen LogP contribution in [0, 0.1) is 0 Å². The minimum atomic E-state index is -0.320. The molecule has 3 aliphatic rings. The van der Waals surface area contributed by atoms with Gasteiger partial charge in [0.2, 0.25) is 0 Å². The number of nitrogens with zero attached hydrogens (tertiary/aromatic N) is 1. The minimum absolute atomic E-state index is 0.0153. The van der Waals surface area contributed by atoms with Crippen molar-refractivity contribution in [2.75, 3.05) is 40.5 Å². The lowest BCUT2D eigenvalue weighted by atomic mass is 9.82. The van der Waals surface area contributed by atoms with Crippen molar-refractivity contribution in [3.05, 3.63) is 0 Å². The SMILES string of the molecule is CNC1CCC2(CC1N1CCCC(C)(OC)C1)OCCO2. The first-order chi connectivity index (χ1) is 10.1. The van der Waals surface area contributed by atoms with Crippen LogP contribution in [0.1, 0.15) is 39.0 Å². The van der Waals surface area contributed by atoms with Gasteiger partial charge >= 0.3 is 0 Å². The molecule has 5 heteroatoms. The Morgan fingerprint density at radius 2 is 2.00 bits per heavy atom. The number of piperidine rings is 1. The fourth-order valence-electron chi connectivity index (χ4n) is 4.30. The molecule has 3 unspecified atom stereocenters. The molecule has 2 aliphatic heterocycles. The van der Waals surface area contributed by atoms with E-state index in [4.69, 9.17) is 14.2 Å². The van der Waals surface area contributed by atoms with Crippen LogP contribution in [0.3, 0.4) is 0 Å². The van der Waals surface area contributed by atoms with Gasteiger partial charge in [0.05, 0.1) is 18.8 Å². The van der Waals surface area contributed by atoms with E-state index in [1.165, 1.54) is 6.42 Å². The quantitative estimate of drug-likeness (QED) is 0.852. The zero-order chi connectivity index (χ0) is 14.9. The van der Waals surface area contributed by atoms with Gasteiger partial charge in [0.25, 0.3) is 0 Å². The Morgan fingerprint density at radius 3 is 2.67 bits per heavy atom. The summed E-state index contributed by atoms with van der Waals surface area (Å²) in [5.74, 6) is -0.320. The van der Waals surface area contributed by atoms with Crippen LogP contribution in [-0.4, -0.2) is 68.8 Å². The van der Waals surface area contributed by atoms with Crippen LogP contribution in [0.5, 0.6) is 0 Å². The molecular weight excluding hydrogens is 268 g/mol. The maximum atomic E-state index is 5.97. The van der Waals surface area contributed by atoms with Gasteiger partial charge in [-0.2, -0.15) is 0 Å². The van der Waals surface area contributed by atoms with Crippen molar-refractivity contribution in [2.24, 2.45) is 0 Å². The molecule has 2 heterocycles. The Kier molecular flexibility index (Phi) is 4.58. The number of nitrogens with one attached hydrogen (secondary N) is 1. The van der Waals surface area contributed by atoms with E-state index in [-0.39, 0.29) is 11.4 Å². The first-order valence-corrected chi connectivity index (χ1v) is 8.34. The maximum Gasteiger partial charge on any atom is 0.170 e. The third kappa shape index (κ3) is 3.13. The first kappa shape index (κ1) is 15.7. The van der Waals surface area contributed by atoms with Crippen LogP contribution in [-0.2, 0) is 14.2 Å². The molecule has 3 atom stereocenters. The van der Waals surface area contributed by atoms with E-state index in [9.17, 15) is 0 Å². The van der Waals surface area contributed by atoms with Gasteiger partial charge in [0, 0.05) is 38.6 Å².